The van der Waals surface area contributed by atoms with Crippen LogP contribution in [0.4, 0.5) is 0 Å². The molecule has 0 atom stereocenters. The summed E-state index contributed by atoms with van der Waals surface area (Å²) in [5, 5.41) is 0. The Balaban J connectivity index is 2.26. The zero-order valence-electron chi connectivity index (χ0n) is 9.72. The SMILES string of the molecule is C=COC(=O)CCCOc1cccc(CN)c1. The molecule has 0 heterocycles. The molecule has 0 amide bonds. The van der Waals surface area contributed by atoms with Gasteiger partial charge in [-0.25, -0.2) is 0 Å². The summed E-state index contributed by atoms with van der Waals surface area (Å²) in [4.78, 5) is 11.0. The number of hydrogen-bond donors (Lipinski definition) is 1. The number of carbonyl (C=O) groups excluding carboxylic acids is 1. The zero-order valence-corrected chi connectivity index (χ0v) is 9.72. The number of esters is 1. The van der Waals surface area contributed by atoms with Crippen LogP contribution in [0.2, 0.25) is 0 Å². The fourth-order valence-electron chi connectivity index (χ4n) is 1.32. The van der Waals surface area contributed by atoms with E-state index in [0.717, 1.165) is 17.6 Å². The molecule has 0 aromatic heterocycles. The molecule has 2 N–H and O–H groups in total. The smallest absolute Gasteiger partial charge is 0.310 e. The summed E-state index contributed by atoms with van der Waals surface area (Å²) in [6, 6.07) is 7.58. The van der Waals surface area contributed by atoms with Crippen LogP contribution in [0.15, 0.2) is 37.1 Å². The van der Waals surface area contributed by atoms with E-state index in [1.54, 1.807) is 0 Å². The average molecular weight is 235 g/mol. The number of nitrogens with two attached hydrogens (primary N) is 1. The second-order valence-electron chi connectivity index (χ2n) is 3.46. The Hall–Kier alpha value is -1.81. The highest BCUT2D eigenvalue weighted by atomic mass is 16.5. The third kappa shape index (κ3) is 5.17. The third-order valence-corrected chi connectivity index (χ3v) is 2.14. The first-order valence-electron chi connectivity index (χ1n) is 5.48. The first-order chi connectivity index (χ1) is 8.26. The molecule has 0 bridgehead atoms. The van der Waals surface area contributed by atoms with E-state index in [1.807, 2.05) is 24.3 Å². The molecule has 0 aliphatic rings. The molecule has 0 aliphatic heterocycles. The van der Waals surface area contributed by atoms with Crippen molar-refractivity contribution in [1.82, 2.24) is 0 Å². The van der Waals surface area contributed by atoms with Gasteiger partial charge in [-0.2, -0.15) is 0 Å². The van der Waals surface area contributed by atoms with Gasteiger partial charge in [0.1, 0.15) is 5.75 Å². The number of rotatable bonds is 7. The van der Waals surface area contributed by atoms with Crippen LogP contribution in [-0.4, -0.2) is 12.6 Å². The summed E-state index contributed by atoms with van der Waals surface area (Å²) in [6.07, 6.45) is 2.07. The maximum Gasteiger partial charge on any atom is 0.310 e. The van der Waals surface area contributed by atoms with E-state index in [2.05, 4.69) is 11.3 Å². The minimum absolute atomic E-state index is 0.292. The van der Waals surface area contributed by atoms with Crippen LogP contribution in [0.3, 0.4) is 0 Å². The topological polar surface area (TPSA) is 61.5 Å². The highest BCUT2D eigenvalue weighted by molar-refractivity contribution is 5.69. The van der Waals surface area contributed by atoms with Crippen molar-refractivity contribution in [2.45, 2.75) is 19.4 Å². The molecule has 1 aromatic rings. The number of benzene rings is 1. The van der Waals surface area contributed by atoms with Gasteiger partial charge in [-0.05, 0) is 24.1 Å². The summed E-state index contributed by atoms with van der Waals surface area (Å²) >= 11 is 0. The van der Waals surface area contributed by atoms with Gasteiger partial charge < -0.3 is 15.2 Å². The highest BCUT2D eigenvalue weighted by Gasteiger charge is 2.01. The van der Waals surface area contributed by atoms with Crippen LogP contribution in [-0.2, 0) is 16.1 Å². The van der Waals surface area contributed by atoms with Crippen molar-refractivity contribution in [1.29, 1.82) is 0 Å². The monoisotopic (exact) mass is 235 g/mol. The van der Waals surface area contributed by atoms with Crippen molar-refractivity contribution >= 4 is 5.97 Å². The molecule has 1 rings (SSSR count). The van der Waals surface area contributed by atoms with E-state index in [-0.39, 0.29) is 5.97 Å². The van der Waals surface area contributed by atoms with Crippen LogP contribution in [0.1, 0.15) is 18.4 Å². The van der Waals surface area contributed by atoms with Gasteiger partial charge in [0.25, 0.3) is 0 Å². The van der Waals surface area contributed by atoms with E-state index in [1.165, 1.54) is 0 Å². The Morgan fingerprint density at radius 1 is 1.47 bits per heavy atom. The van der Waals surface area contributed by atoms with Gasteiger partial charge in [-0.1, -0.05) is 18.7 Å². The quantitative estimate of drug-likeness (QED) is 0.446. The molecular formula is C13H17NO3. The molecule has 4 nitrogen and oxygen atoms in total. The minimum Gasteiger partial charge on any atom is -0.494 e. The molecule has 0 saturated heterocycles. The van der Waals surface area contributed by atoms with Crippen LogP contribution in [0, 0.1) is 0 Å². The van der Waals surface area contributed by atoms with Crippen molar-refractivity contribution < 1.29 is 14.3 Å². The molecule has 1 aromatic carbocycles. The maximum absolute atomic E-state index is 11.0. The first-order valence-corrected chi connectivity index (χ1v) is 5.48. The van der Waals surface area contributed by atoms with E-state index < -0.39 is 0 Å². The van der Waals surface area contributed by atoms with Gasteiger partial charge in [-0.3, -0.25) is 4.79 Å². The summed E-state index contributed by atoms with van der Waals surface area (Å²) in [7, 11) is 0. The fourth-order valence-corrected chi connectivity index (χ4v) is 1.32. The molecule has 0 saturated carbocycles. The van der Waals surface area contributed by atoms with Crippen LogP contribution >= 0.6 is 0 Å². The second-order valence-corrected chi connectivity index (χ2v) is 3.46. The highest BCUT2D eigenvalue weighted by Crippen LogP contribution is 2.13. The Bertz CT molecular complexity index is 377. The number of carbonyl (C=O) groups is 1. The van der Waals surface area contributed by atoms with E-state index in [9.17, 15) is 4.79 Å². The van der Waals surface area contributed by atoms with Gasteiger partial charge in [0.05, 0.1) is 12.9 Å². The molecule has 0 unspecified atom stereocenters. The first kappa shape index (κ1) is 13.3. The molecule has 0 aliphatic carbocycles. The molecule has 17 heavy (non-hydrogen) atoms. The van der Waals surface area contributed by atoms with Gasteiger partial charge in [0, 0.05) is 13.0 Å². The van der Waals surface area contributed by atoms with Gasteiger partial charge in [-0.15, -0.1) is 0 Å². The van der Waals surface area contributed by atoms with E-state index >= 15 is 0 Å². The molecule has 0 radical (unpaired) electrons. The summed E-state index contributed by atoms with van der Waals surface area (Å²) in [6.45, 7) is 4.27. The van der Waals surface area contributed by atoms with Gasteiger partial charge in [0.15, 0.2) is 0 Å². The van der Waals surface area contributed by atoms with Crippen molar-refractivity contribution in [2.24, 2.45) is 5.73 Å². The molecule has 4 heteroatoms. The average Bonchev–Trinajstić information content (AvgIpc) is 2.35. The largest absolute Gasteiger partial charge is 0.494 e. The summed E-state index contributed by atoms with van der Waals surface area (Å²) < 4.78 is 10.1. The molecular weight excluding hydrogens is 218 g/mol. The molecule has 92 valence electrons. The minimum atomic E-state index is -0.292. The third-order valence-electron chi connectivity index (χ3n) is 2.14. The molecule has 0 spiro atoms. The van der Waals surface area contributed by atoms with Gasteiger partial charge >= 0.3 is 5.97 Å². The van der Waals surface area contributed by atoms with E-state index in [0.29, 0.717) is 26.0 Å². The Morgan fingerprint density at radius 2 is 2.29 bits per heavy atom. The number of ether oxygens (including phenoxy) is 2. The van der Waals surface area contributed by atoms with Crippen molar-refractivity contribution in [3.63, 3.8) is 0 Å². The predicted molar refractivity (Wildman–Crippen MR) is 65.4 cm³/mol. The lowest BCUT2D eigenvalue weighted by molar-refractivity contribution is -0.138. The summed E-state index contributed by atoms with van der Waals surface area (Å²) in [5.41, 5.74) is 6.54. The Kier molecular flexibility index (Phi) is 5.82. The van der Waals surface area contributed by atoms with Crippen LogP contribution < -0.4 is 10.5 Å². The lowest BCUT2D eigenvalue weighted by atomic mass is 10.2. The summed E-state index contributed by atoms with van der Waals surface area (Å²) in [5.74, 6) is 0.476. The standard InChI is InChI=1S/C13H17NO3/c1-2-16-13(15)7-4-8-17-12-6-3-5-11(9-12)10-14/h2-3,5-6,9H,1,4,7-8,10,14H2. The normalized spacial score (nSPS) is 9.71. The van der Waals surface area contributed by atoms with Crippen molar-refractivity contribution in [3.05, 3.63) is 42.7 Å². The van der Waals surface area contributed by atoms with Gasteiger partial charge in [0.2, 0.25) is 0 Å². The predicted octanol–water partition coefficient (Wildman–Crippen LogP) is 1.99. The van der Waals surface area contributed by atoms with Crippen molar-refractivity contribution in [3.8, 4) is 5.75 Å². The lowest BCUT2D eigenvalue weighted by Crippen LogP contribution is -2.04. The Morgan fingerprint density at radius 3 is 3.00 bits per heavy atom. The van der Waals surface area contributed by atoms with E-state index in [4.69, 9.17) is 10.5 Å². The number of hydrogen-bond acceptors (Lipinski definition) is 4. The molecule has 0 fully saturated rings. The van der Waals surface area contributed by atoms with Crippen LogP contribution in [0.5, 0.6) is 5.75 Å². The second kappa shape index (κ2) is 7.46. The van der Waals surface area contributed by atoms with Crippen LogP contribution in [0.25, 0.3) is 0 Å². The Labute approximate surface area is 101 Å². The maximum atomic E-state index is 11.0. The lowest BCUT2D eigenvalue weighted by Gasteiger charge is -2.06. The zero-order chi connectivity index (χ0) is 12.5. The van der Waals surface area contributed by atoms with Crippen molar-refractivity contribution in [2.75, 3.05) is 6.61 Å². The fraction of sp³-hybridized carbons (Fsp3) is 0.308.